The van der Waals surface area contributed by atoms with Gasteiger partial charge in [0.1, 0.15) is 0 Å². The maximum absolute atomic E-state index is 13.5. The number of anilines is 1. The van der Waals surface area contributed by atoms with Crippen molar-refractivity contribution in [2.75, 3.05) is 25.1 Å². The third-order valence-corrected chi connectivity index (χ3v) is 4.34. The number of nitrogens with zero attached hydrogens (tertiary/aromatic N) is 3. The fourth-order valence-corrected chi connectivity index (χ4v) is 2.90. The normalized spacial score (nSPS) is 15.0. The van der Waals surface area contributed by atoms with E-state index in [1.807, 2.05) is 18.2 Å². The zero-order chi connectivity index (χ0) is 16.8. The molecule has 3 aromatic rings. The smallest absolute Gasteiger partial charge is 0.200 e. The molecular weight excluding hydrogens is 316 g/mol. The Bertz CT molecular complexity index is 896. The molecule has 1 saturated heterocycles. The molecular formula is C17H15F2N3O2. The molecule has 0 radical (unpaired) electrons. The van der Waals surface area contributed by atoms with Crippen molar-refractivity contribution < 1.29 is 18.6 Å². The topological polar surface area (TPSA) is 50.5 Å². The summed E-state index contributed by atoms with van der Waals surface area (Å²) in [5, 5.41) is 14.6. The molecule has 0 atom stereocenters. The van der Waals surface area contributed by atoms with Gasteiger partial charge in [-0.15, -0.1) is 0 Å². The SMILES string of the molecule is COC1CN(c2ccc3c(cnn3-c3cc(O)c(F)c(F)c3)c2)C1. The molecule has 1 aliphatic rings. The minimum Gasteiger partial charge on any atom is -0.505 e. The first-order chi connectivity index (χ1) is 11.6. The molecule has 1 aliphatic heterocycles. The van der Waals surface area contributed by atoms with Crippen molar-refractivity contribution >= 4 is 16.6 Å². The third-order valence-electron chi connectivity index (χ3n) is 4.34. The van der Waals surface area contributed by atoms with E-state index in [4.69, 9.17) is 4.74 Å². The van der Waals surface area contributed by atoms with Gasteiger partial charge in [0.15, 0.2) is 17.4 Å². The molecule has 4 rings (SSSR count). The molecule has 2 aromatic carbocycles. The van der Waals surface area contributed by atoms with Crippen LogP contribution in [0.3, 0.4) is 0 Å². The number of benzene rings is 2. The number of fused-ring (bicyclic) bond motifs is 1. The van der Waals surface area contributed by atoms with Crippen LogP contribution in [0.1, 0.15) is 0 Å². The average molecular weight is 331 g/mol. The van der Waals surface area contributed by atoms with Crippen molar-refractivity contribution in [3.05, 3.63) is 48.2 Å². The minimum absolute atomic E-state index is 0.258. The maximum Gasteiger partial charge on any atom is 0.200 e. The highest BCUT2D eigenvalue weighted by Crippen LogP contribution is 2.29. The summed E-state index contributed by atoms with van der Waals surface area (Å²) in [5.41, 5.74) is 2.06. The Morgan fingerprint density at radius 2 is 1.96 bits per heavy atom. The van der Waals surface area contributed by atoms with Crippen molar-refractivity contribution in [2.45, 2.75) is 6.10 Å². The Morgan fingerprint density at radius 1 is 1.17 bits per heavy atom. The van der Waals surface area contributed by atoms with Gasteiger partial charge in [-0.1, -0.05) is 0 Å². The molecule has 5 nitrogen and oxygen atoms in total. The van der Waals surface area contributed by atoms with Crippen LogP contribution in [0.15, 0.2) is 36.5 Å². The number of phenols is 1. The zero-order valence-corrected chi connectivity index (χ0v) is 12.9. The van der Waals surface area contributed by atoms with E-state index in [1.54, 1.807) is 13.3 Å². The molecule has 1 fully saturated rings. The van der Waals surface area contributed by atoms with Gasteiger partial charge in [0.25, 0.3) is 0 Å². The second-order valence-electron chi connectivity index (χ2n) is 5.82. The molecule has 1 N–H and O–H groups in total. The maximum atomic E-state index is 13.5. The quantitative estimate of drug-likeness (QED) is 0.802. The Kier molecular flexibility index (Phi) is 3.38. The van der Waals surface area contributed by atoms with Gasteiger partial charge in [0.05, 0.1) is 23.5 Å². The van der Waals surface area contributed by atoms with E-state index in [0.717, 1.165) is 41.8 Å². The Labute approximate surface area is 136 Å². The fourth-order valence-electron chi connectivity index (χ4n) is 2.90. The Hall–Kier alpha value is -2.67. The average Bonchev–Trinajstić information content (AvgIpc) is 2.94. The molecule has 0 unspecified atom stereocenters. The van der Waals surface area contributed by atoms with Gasteiger partial charge in [0.2, 0.25) is 0 Å². The van der Waals surface area contributed by atoms with E-state index >= 15 is 0 Å². The summed E-state index contributed by atoms with van der Waals surface area (Å²) in [6.07, 6.45) is 1.92. The molecule has 124 valence electrons. The summed E-state index contributed by atoms with van der Waals surface area (Å²) >= 11 is 0. The predicted octanol–water partition coefficient (Wildman–Crippen LogP) is 2.84. The molecule has 2 heterocycles. The summed E-state index contributed by atoms with van der Waals surface area (Å²) < 4.78 is 33.5. The van der Waals surface area contributed by atoms with Crippen molar-refractivity contribution in [2.24, 2.45) is 0 Å². The lowest BCUT2D eigenvalue weighted by Gasteiger charge is -2.40. The van der Waals surface area contributed by atoms with Crippen LogP contribution in [-0.2, 0) is 4.74 Å². The lowest BCUT2D eigenvalue weighted by atomic mass is 10.1. The highest BCUT2D eigenvalue weighted by Gasteiger charge is 2.26. The van der Waals surface area contributed by atoms with Crippen LogP contribution in [0.2, 0.25) is 0 Å². The van der Waals surface area contributed by atoms with Crippen LogP contribution in [-0.4, -0.2) is 41.2 Å². The summed E-state index contributed by atoms with van der Waals surface area (Å²) in [6.45, 7) is 1.68. The molecule has 0 saturated carbocycles. The first-order valence-electron chi connectivity index (χ1n) is 7.50. The first kappa shape index (κ1) is 14.9. The minimum atomic E-state index is -1.26. The van der Waals surface area contributed by atoms with Crippen LogP contribution in [0, 0.1) is 11.6 Å². The van der Waals surface area contributed by atoms with Gasteiger partial charge in [-0.05, 0) is 18.2 Å². The first-order valence-corrected chi connectivity index (χ1v) is 7.50. The predicted molar refractivity (Wildman–Crippen MR) is 85.7 cm³/mol. The van der Waals surface area contributed by atoms with Gasteiger partial charge in [-0.25, -0.2) is 9.07 Å². The highest BCUT2D eigenvalue weighted by molar-refractivity contribution is 5.84. The number of hydrogen-bond donors (Lipinski definition) is 1. The zero-order valence-electron chi connectivity index (χ0n) is 12.9. The number of aromatic nitrogens is 2. The standard InChI is InChI=1S/C17H15F2N3O2/c1-24-13-8-21(9-13)11-2-3-15-10(4-11)7-20-22(15)12-5-14(18)17(19)16(23)6-12/h2-7,13,23H,8-9H2,1H3. The van der Waals surface area contributed by atoms with Gasteiger partial charge in [-0.3, -0.25) is 0 Å². The lowest BCUT2D eigenvalue weighted by Crippen LogP contribution is -2.51. The summed E-state index contributed by atoms with van der Waals surface area (Å²) in [6, 6.07) is 7.97. The Morgan fingerprint density at radius 3 is 2.67 bits per heavy atom. The molecule has 7 heteroatoms. The van der Waals surface area contributed by atoms with E-state index in [0.29, 0.717) is 0 Å². The Balaban J connectivity index is 1.71. The highest BCUT2D eigenvalue weighted by atomic mass is 19.2. The van der Waals surface area contributed by atoms with Gasteiger partial charge in [-0.2, -0.15) is 9.49 Å². The van der Waals surface area contributed by atoms with E-state index in [1.165, 1.54) is 4.68 Å². The summed E-state index contributed by atoms with van der Waals surface area (Å²) in [7, 11) is 1.70. The van der Waals surface area contributed by atoms with Crippen LogP contribution in [0.4, 0.5) is 14.5 Å². The van der Waals surface area contributed by atoms with E-state index in [-0.39, 0.29) is 11.8 Å². The van der Waals surface area contributed by atoms with Crippen LogP contribution in [0.25, 0.3) is 16.6 Å². The van der Waals surface area contributed by atoms with Gasteiger partial charge in [0, 0.05) is 43.4 Å². The second kappa shape index (κ2) is 5.45. The van der Waals surface area contributed by atoms with Crippen LogP contribution in [0.5, 0.6) is 5.75 Å². The van der Waals surface area contributed by atoms with Crippen LogP contribution < -0.4 is 4.90 Å². The largest absolute Gasteiger partial charge is 0.505 e. The van der Waals surface area contributed by atoms with Crippen molar-refractivity contribution in [1.82, 2.24) is 9.78 Å². The molecule has 0 aliphatic carbocycles. The van der Waals surface area contributed by atoms with Crippen molar-refractivity contribution in [1.29, 1.82) is 0 Å². The molecule has 0 bridgehead atoms. The van der Waals surface area contributed by atoms with E-state index in [9.17, 15) is 13.9 Å². The number of ether oxygens (including phenoxy) is 1. The molecule has 0 spiro atoms. The van der Waals surface area contributed by atoms with Crippen molar-refractivity contribution in [3.8, 4) is 11.4 Å². The monoisotopic (exact) mass is 331 g/mol. The fraction of sp³-hybridized carbons (Fsp3) is 0.235. The molecule has 0 amide bonds. The number of methoxy groups -OCH3 is 1. The number of halogens is 2. The van der Waals surface area contributed by atoms with E-state index < -0.39 is 17.4 Å². The summed E-state index contributed by atoms with van der Waals surface area (Å²) in [4.78, 5) is 2.19. The molecule has 24 heavy (non-hydrogen) atoms. The third kappa shape index (κ3) is 2.28. The summed E-state index contributed by atoms with van der Waals surface area (Å²) in [5.74, 6) is -3.11. The number of phenolic OH excluding ortho intramolecular Hbond substituents is 1. The second-order valence-corrected chi connectivity index (χ2v) is 5.82. The van der Waals surface area contributed by atoms with Crippen LogP contribution >= 0.6 is 0 Å². The van der Waals surface area contributed by atoms with E-state index in [2.05, 4.69) is 10.00 Å². The molecule has 1 aromatic heterocycles. The van der Waals surface area contributed by atoms with Gasteiger partial charge < -0.3 is 14.7 Å². The number of rotatable bonds is 3. The number of hydrogen-bond acceptors (Lipinski definition) is 4. The number of aromatic hydroxyl groups is 1. The lowest BCUT2D eigenvalue weighted by molar-refractivity contribution is 0.0788. The van der Waals surface area contributed by atoms with Crippen molar-refractivity contribution in [3.63, 3.8) is 0 Å². The van der Waals surface area contributed by atoms with Gasteiger partial charge >= 0.3 is 0 Å².